The lowest BCUT2D eigenvalue weighted by Gasteiger charge is -2.17. The van der Waals surface area contributed by atoms with E-state index in [1.165, 1.54) is 36.9 Å². The van der Waals surface area contributed by atoms with E-state index >= 15 is 0 Å². The molecule has 0 fully saturated rings. The van der Waals surface area contributed by atoms with Gasteiger partial charge in [-0.25, -0.2) is 4.98 Å². The fourth-order valence-electron chi connectivity index (χ4n) is 2.93. The van der Waals surface area contributed by atoms with Gasteiger partial charge in [0.05, 0.1) is 6.04 Å². The second kappa shape index (κ2) is 10.4. The lowest BCUT2D eigenvalue weighted by Crippen LogP contribution is -2.33. The number of hydrogen-bond donors (Lipinski definition) is 4. The van der Waals surface area contributed by atoms with Gasteiger partial charge in [-0.05, 0) is 63.0 Å². The number of aliphatic hydroxyl groups excluding tert-OH is 1. The standard InChI is InChI=1S/C19H31N3O2/c20-17(19(23)24)11-7-5-3-1-2-4-6-10-16-13-12-15-9-8-14-21-18(15)22-16/h3,5,12-13,17,19,23-24H,1-2,4,6-11,14,20H2,(H,21,22)/b5-3+/t17-/m0/s1. The van der Waals surface area contributed by atoms with Crippen LogP contribution in [-0.2, 0) is 12.8 Å². The van der Waals surface area contributed by atoms with Crippen LogP contribution >= 0.6 is 0 Å². The van der Waals surface area contributed by atoms with Crippen LogP contribution in [0.2, 0.25) is 0 Å². The van der Waals surface area contributed by atoms with Gasteiger partial charge in [0.15, 0.2) is 6.29 Å². The van der Waals surface area contributed by atoms with Gasteiger partial charge in [-0.2, -0.15) is 0 Å². The molecular weight excluding hydrogens is 302 g/mol. The largest absolute Gasteiger partial charge is 0.370 e. The summed E-state index contributed by atoms with van der Waals surface area (Å²) in [5.41, 5.74) is 8.09. The molecule has 1 aromatic rings. The molecule has 5 heteroatoms. The average molecular weight is 333 g/mol. The number of aromatic nitrogens is 1. The van der Waals surface area contributed by atoms with E-state index in [0.717, 1.165) is 38.0 Å². The van der Waals surface area contributed by atoms with Crippen LogP contribution in [0.4, 0.5) is 5.82 Å². The molecule has 134 valence electrons. The highest BCUT2D eigenvalue weighted by Gasteiger charge is 2.10. The van der Waals surface area contributed by atoms with Crippen LogP contribution in [0.15, 0.2) is 24.3 Å². The average Bonchev–Trinajstić information content (AvgIpc) is 2.59. The number of pyridine rings is 1. The topological polar surface area (TPSA) is 91.4 Å². The zero-order valence-corrected chi connectivity index (χ0v) is 14.5. The van der Waals surface area contributed by atoms with Gasteiger partial charge < -0.3 is 21.3 Å². The predicted octanol–water partition coefficient (Wildman–Crippen LogP) is 2.52. The maximum Gasteiger partial charge on any atom is 0.166 e. The van der Waals surface area contributed by atoms with Crippen molar-refractivity contribution in [2.45, 2.75) is 70.1 Å². The molecule has 2 rings (SSSR count). The maximum absolute atomic E-state index is 8.88. The number of nitrogens with zero attached hydrogens (tertiary/aromatic N) is 1. The molecule has 1 aliphatic heterocycles. The van der Waals surface area contributed by atoms with Gasteiger partial charge in [0.2, 0.25) is 0 Å². The molecule has 0 bridgehead atoms. The van der Waals surface area contributed by atoms with Crippen LogP contribution in [0.25, 0.3) is 0 Å². The number of aryl methyl sites for hydroxylation is 2. The van der Waals surface area contributed by atoms with Crippen molar-refractivity contribution in [3.05, 3.63) is 35.5 Å². The Morgan fingerprint density at radius 1 is 1.17 bits per heavy atom. The van der Waals surface area contributed by atoms with Crippen LogP contribution in [0.3, 0.4) is 0 Å². The van der Waals surface area contributed by atoms with Crippen molar-refractivity contribution in [3.63, 3.8) is 0 Å². The summed E-state index contributed by atoms with van der Waals surface area (Å²) in [6.45, 7) is 1.04. The molecule has 5 nitrogen and oxygen atoms in total. The summed E-state index contributed by atoms with van der Waals surface area (Å²) < 4.78 is 0. The lowest BCUT2D eigenvalue weighted by molar-refractivity contribution is -0.0593. The molecule has 0 radical (unpaired) electrons. The smallest absolute Gasteiger partial charge is 0.166 e. The number of aliphatic hydroxyl groups is 2. The van der Waals surface area contributed by atoms with Gasteiger partial charge >= 0.3 is 0 Å². The summed E-state index contributed by atoms with van der Waals surface area (Å²) in [5, 5.41) is 21.1. The first-order valence-electron chi connectivity index (χ1n) is 9.16. The van der Waals surface area contributed by atoms with E-state index in [0.29, 0.717) is 6.42 Å². The molecule has 0 amide bonds. The van der Waals surface area contributed by atoms with Crippen LogP contribution in [-0.4, -0.2) is 34.1 Å². The number of nitrogens with two attached hydrogens (primary N) is 1. The van der Waals surface area contributed by atoms with Crippen molar-refractivity contribution in [3.8, 4) is 0 Å². The monoisotopic (exact) mass is 333 g/mol. The fraction of sp³-hybridized carbons (Fsp3) is 0.632. The highest BCUT2D eigenvalue weighted by Crippen LogP contribution is 2.20. The summed E-state index contributed by atoms with van der Waals surface area (Å²) in [6.07, 6.45) is 12.2. The fourth-order valence-corrected chi connectivity index (χ4v) is 2.93. The van der Waals surface area contributed by atoms with Gasteiger partial charge in [-0.15, -0.1) is 0 Å². The van der Waals surface area contributed by atoms with Crippen molar-refractivity contribution in [1.82, 2.24) is 4.98 Å². The second-order valence-electron chi connectivity index (χ2n) is 6.57. The summed E-state index contributed by atoms with van der Waals surface area (Å²) >= 11 is 0. The van der Waals surface area contributed by atoms with Gasteiger partial charge in [-0.3, -0.25) is 0 Å². The van der Waals surface area contributed by atoms with Crippen molar-refractivity contribution < 1.29 is 10.2 Å². The molecule has 0 aromatic carbocycles. The third kappa shape index (κ3) is 6.59. The molecule has 1 aromatic heterocycles. The van der Waals surface area contributed by atoms with Crippen molar-refractivity contribution >= 4 is 5.82 Å². The van der Waals surface area contributed by atoms with Crippen LogP contribution in [0.1, 0.15) is 56.2 Å². The molecule has 2 heterocycles. The number of nitrogens with one attached hydrogen (secondary N) is 1. The molecule has 0 aliphatic carbocycles. The van der Waals surface area contributed by atoms with E-state index < -0.39 is 12.3 Å². The molecule has 1 atom stereocenters. The van der Waals surface area contributed by atoms with Crippen LogP contribution in [0.5, 0.6) is 0 Å². The highest BCUT2D eigenvalue weighted by molar-refractivity contribution is 5.46. The zero-order valence-electron chi connectivity index (χ0n) is 14.5. The molecule has 0 unspecified atom stereocenters. The summed E-state index contributed by atoms with van der Waals surface area (Å²) in [4.78, 5) is 4.72. The van der Waals surface area contributed by atoms with Gasteiger partial charge in [0, 0.05) is 12.2 Å². The van der Waals surface area contributed by atoms with Gasteiger partial charge in [0.25, 0.3) is 0 Å². The Morgan fingerprint density at radius 2 is 2.00 bits per heavy atom. The summed E-state index contributed by atoms with van der Waals surface area (Å²) in [5.74, 6) is 1.09. The molecule has 5 N–H and O–H groups in total. The first kappa shape index (κ1) is 18.9. The summed E-state index contributed by atoms with van der Waals surface area (Å²) in [7, 11) is 0. The number of rotatable bonds is 10. The van der Waals surface area contributed by atoms with E-state index in [1.807, 2.05) is 0 Å². The SMILES string of the molecule is N[C@@H](CC/C=C/CCCCCc1ccc2c(n1)NCCC2)C(O)O. The van der Waals surface area contributed by atoms with Gasteiger partial charge in [-0.1, -0.05) is 24.6 Å². The Balaban J connectivity index is 1.54. The predicted molar refractivity (Wildman–Crippen MR) is 97.8 cm³/mol. The number of fused-ring (bicyclic) bond motifs is 1. The van der Waals surface area contributed by atoms with Crippen molar-refractivity contribution in [2.75, 3.05) is 11.9 Å². The Kier molecular flexibility index (Phi) is 8.22. The minimum Gasteiger partial charge on any atom is -0.370 e. The van der Waals surface area contributed by atoms with Crippen molar-refractivity contribution in [1.29, 1.82) is 0 Å². The van der Waals surface area contributed by atoms with E-state index in [2.05, 4.69) is 29.6 Å². The third-order valence-corrected chi connectivity index (χ3v) is 4.47. The number of unbranched alkanes of at least 4 members (excludes halogenated alkanes) is 3. The second-order valence-corrected chi connectivity index (χ2v) is 6.57. The zero-order chi connectivity index (χ0) is 17.2. The van der Waals surface area contributed by atoms with Crippen molar-refractivity contribution in [2.24, 2.45) is 5.73 Å². The first-order chi connectivity index (χ1) is 11.7. The van der Waals surface area contributed by atoms with Gasteiger partial charge in [0.1, 0.15) is 5.82 Å². The van der Waals surface area contributed by atoms with Crippen LogP contribution in [0, 0.1) is 0 Å². The molecule has 24 heavy (non-hydrogen) atoms. The lowest BCUT2D eigenvalue weighted by atomic mass is 10.0. The minimum atomic E-state index is -1.41. The Hall–Kier alpha value is -1.43. The van der Waals surface area contributed by atoms with E-state index in [9.17, 15) is 0 Å². The number of anilines is 1. The minimum absolute atomic E-state index is 0.548. The highest BCUT2D eigenvalue weighted by atomic mass is 16.5. The molecule has 0 spiro atoms. The number of allylic oxidation sites excluding steroid dienone is 2. The molecular formula is C19H31N3O2. The van der Waals surface area contributed by atoms with Crippen LogP contribution < -0.4 is 11.1 Å². The molecule has 1 aliphatic rings. The first-order valence-corrected chi connectivity index (χ1v) is 9.16. The normalized spacial score (nSPS) is 15.5. The summed E-state index contributed by atoms with van der Waals surface area (Å²) in [6, 6.07) is 3.85. The molecule has 0 saturated carbocycles. The number of hydrogen-bond acceptors (Lipinski definition) is 5. The van der Waals surface area contributed by atoms with E-state index in [-0.39, 0.29) is 0 Å². The molecule has 0 saturated heterocycles. The Morgan fingerprint density at radius 3 is 2.83 bits per heavy atom. The Labute approximate surface area is 145 Å². The van der Waals surface area contributed by atoms with E-state index in [1.54, 1.807) is 0 Å². The third-order valence-electron chi connectivity index (χ3n) is 4.47. The van der Waals surface area contributed by atoms with E-state index in [4.69, 9.17) is 20.9 Å². The maximum atomic E-state index is 8.88. The Bertz CT molecular complexity index is 517. The quantitative estimate of drug-likeness (QED) is 0.300.